The monoisotopic (exact) mass is 259 g/mol. The van der Waals surface area contributed by atoms with Crippen LogP contribution < -0.4 is 4.90 Å². The van der Waals surface area contributed by atoms with Gasteiger partial charge in [0.15, 0.2) is 0 Å². The lowest BCUT2D eigenvalue weighted by Crippen LogP contribution is -2.11. The van der Waals surface area contributed by atoms with E-state index in [1.54, 1.807) is 6.07 Å². The van der Waals surface area contributed by atoms with E-state index in [1.165, 1.54) is 12.4 Å². The van der Waals surface area contributed by atoms with Gasteiger partial charge in [-0.25, -0.2) is 9.97 Å². The molecule has 16 heavy (non-hydrogen) atoms. The van der Waals surface area contributed by atoms with E-state index in [9.17, 15) is 5.11 Å². The third kappa shape index (κ3) is 1.99. The molecule has 0 aliphatic rings. The smallest absolute Gasteiger partial charge is 0.142 e. The van der Waals surface area contributed by atoms with Crippen LogP contribution in [0, 0.1) is 0 Å². The molecule has 4 nitrogen and oxygen atoms in total. The number of phenolic OH excluding ortho intramolecular Hbond substituents is 1. The van der Waals surface area contributed by atoms with Crippen molar-refractivity contribution in [3.05, 3.63) is 23.5 Å². The quantitative estimate of drug-likeness (QED) is 0.855. The number of hydrogen-bond donors (Lipinski definition) is 1. The van der Waals surface area contributed by atoms with E-state index in [2.05, 4.69) is 9.97 Å². The molecule has 0 saturated heterocycles. The van der Waals surface area contributed by atoms with Gasteiger partial charge in [-0.2, -0.15) is 0 Å². The maximum absolute atomic E-state index is 9.63. The molecule has 0 aliphatic carbocycles. The average Bonchev–Trinajstić information content (AvgIpc) is 2.23. The summed E-state index contributed by atoms with van der Waals surface area (Å²) in [5.74, 6) is 0.806. The van der Waals surface area contributed by atoms with E-state index < -0.39 is 0 Å². The van der Waals surface area contributed by atoms with Crippen molar-refractivity contribution in [1.29, 1.82) is 0 Å². The minimum absolute atomic E-state index is 0. The van der Waals surface area contributed by atoms with Crippen LogP contribution in [0.15, 0.2) is 18.5 Å². The number of aromatic nitrogens is 2. The summed E-state index contributed by atoms with van der Waals surface area (Å²) in [6.45, 7) is 0. The minimum atomic E-state index is 0. The van der Waals surface area contributed by atoms with E-state index >= 15 is 0 Å². The van der Waals surface area contributed by atoms with Gasteiger partial charge in [0.05, 0.1) is 10.4 Å². The van der Waals surface area contributed by atoms with Crippen LogP contribution in [0.5, 0.6) is 5.75 Å². The predicted molar refractivity (Wildman–Crippen MR) is 67.8 cm³/mol. The van der Waals surface area contributed by atoms with Crippen molar-refractivity contribution in [3.8, 4) is 5.75 Å². The fourth-order valence-corrected chi connectivity index (χ4v) is 1.68. The van der Waals surface area contributed by atoms with Crippen molar-refractivity contribution < 1.29 is 5.11 Å². The Balaban J connectivity index is 0.00000128. The summed E-state index contributed by atoms with van der Waals surface area (Å²) in [6.07, 6.45) is 1.41. The Kier molecular flexibility index (Phi) is 3.78. The second-order valence-corrected chi connectivity index (χ2v) is 3.79. The summed E-state index contributed by atoms with van der Waals surface area (Å²) in [5.41, 5.74) is 0.473. The number of halogens is 2. The van der Waals surface area contributed by atoms with Crippen molar-refractivity contribution in [3.63, 3.8) is 0 Å². The standard InChI is InChI=1S/C10H10ClN3O.ClH/c1-14(2)10-8-6(11)3-4-7(15)9(8)12-5-13-10;/h3-5,15H,1-2H3;1H. The number of phenols is 1. The summed E-state index contributed by atoms with van der Waals surface area (Å²) >= 11 is 6.06. The van der Waals surface area contributed by atoms with Crippen LogP contribution in [0.2, 0.25) is 5.02 Å². The van der Waals surface area contributed by atoms with Crippen LogP contribution in [0.4, 0.5) is 5.82 Å². The fraction of sp³-hybridized carbons (Fsp3) is 0.200. The second-order valence-electron chi connectivity index (χ2n) is 3.38. The van der Waals surface area contributed by atoms with Gasteiger partial charge in [-0.15, -0.1) is 12.4 Å². The molecule has 1 aromatic heterocycles. The van der Waals surface area contributed by atoms with Gasteiger partial charge in [0.1, 0.15) is 23.4 Å². The van der Waals surface area contributed by atoms with Crippen LogP contribution in [-0.4, -0.2) is 29.2 Å². The number of anilines is 1. The molecular formula is C10H11Cl2N3O. The Morgan fingerprint density at radius 1 is 1.25 bits per heavy atom. The highest BCUT2D eigenvalue weighted by Gasteiger charge is 2.11. The number of hydrogen-bond acceptors (Lipinski definition) is 4. The van der Waals surface area contributed by atoms with Crippen molar-refractivity contribution in [2.24, 2.45) is 0 Å². The normalized spacial score (nSPS) is 9.94. The van der Waals surface area contributed by atoms with Gasteiger partial charge in [0, 0.05) is 14.1 Å². The zero-order chi connectivity index (χ0) is 11.0. The fourth-order valence-electron chi connectivity index (χ4n) is 1.44. The molecule has 2 aromatic rings. The lowest BCUT2D eigenvalue weighted by molar-refractivity contribution is 0.480. The third-order valence-electron chi connectivity index (χ3n) is 2.12. The third-order valence-corrected chi connectivity index (χ3v) is 2.43. The molecule has 0 fully saturated rings. The Bertz CT molecular complexity index is 517. The Hall–Kier alpha value is -1.26. The maximum Gasteiger partial charge on any atom is 0.142 e. The predicted octanol–water partition coefficient (Wildman–Crippen LogP) is 2.48. The van der Waals surface area contributed by atoms with Crippen molar-refractivity contribution in [2.45, 2.75) is 0 Å². The second kappa shape index (κ2) is 4.72. The van der Waals surface area contributed by atoms with Crippen molar-refractivity contribution >= 4 is 40.7 Å². The van der Waals surface area contributed by atoms with E-state index in [0.29, 0.717) is 21.7 Å². The van der Waals surface area contributed by atoms with E-state index in [-0.39, 0.29) is 18.2 Å². The lowest BCUT2D eigenvalue weighted by Gasteiger charge is -2.14. The molecule has 1 heterocycles. The molecule has 0 atom stereocenters. The highest BCUT2D eigenvalue weighted by molar-refractivity contribution is 6.36. The van der Waals surface area contributed by atoms with Gasteiger partial charge in [0.25, 0.3) is 0 Å². The summed E-state index contributed by atoms with van der Waals surface area (Å²) in [4.78, 5) is 9.97. The van der Waals surface area contributed by atoms with Gasteiger partial charge >= 0.3 is 0 Å². The molecule has 1 N–H and O–H groups in total. The molecule has 86 valence electrons. The molecule has 0 aliphatic heterocycles. The first-order valence-corrected chi connectivity index (χ1v) is 4.78. The minimum Gasteiger partial charge on any atom is -0.506 e. The molecule has 0 unspecified atom stereocenters. The van der Waals surface area contributed by atoms with E-state index in [1.807, 2.05) is 19.0 Å². The van der Waals surface area contributed by atoms with Crippen LogP contribution in [0.1, 0.15) is 0 Å². The highest BCUT2D eigenvalue weighted by Crippen LogP contribution is 2.33. The van der Waals surface area contributed by atoms with Crippen LogP contribution >= 0.6 is 24.0 Å². The Morgan fingerprint density at radius 3 is 2.56 bits per heavy atom. The summed E-state index contributed by atoms with van der Waals surface area (Å²) in [5, 5.41) is 10.8. The highest BCUT2D eigenvalue weighted by atomic mass is 35.5. The number of fused-ring (bicyclic) bond motifs is 1. The van der Waals surface area contributed by atoms with E-state index in [4.69, 9.17) is 11.6 Å². The first-order chi connectivity index (χ1) is 7.11. The molecule has 1 aromatic carbocycles. The molecule has 0 bridgehead atoms. The first kappa shape index (κ1) is 12.8. The zero-order valence-electron chi connectivity index (χ0n) is 8.81. The van der Waals surface area contributed by atoms with Gasteiger partial charge in [-0.05, 0) is 12.1 Å². The number of benzene rings is 1. The topological polar surface area (TPSA) is 49.2 Å². The summed E-state index contributed by atoms with van der Waals surface area (Å²) in [6, 6.07) is 3.16. The number of nitrogens with zero attached hydrogens (tertiary/aromatic N) is 3. The molecule has 0 spiro atoms. The van der Waals surface area contributed by atoms with Crippen molar-refractivity contribution in [1.82, 2.24) is 9.97 Å². The van der Waals surface area contributed by atoms with Crippen molar-refractivity contribution in [2.75, 3.05) is 19.0 Å². The number of aromatic hydroxyl groups is 1. The Morgan fingerprint density at radius 2 is 1.94 bits per heavy atom. The van der Waals surface area contributed by atoms with E-state index in [0.717, 1.165) is 0 Å². The Labute approximate surface area is 104 Å². The molecule has 0 saturated carbocycles. The van der Waals surface area contributed by atoms with Gasteiger partial charge in [0.2, 0.25) is 0 Å². The molecule has 0 amide bonds. The largest absolute Gasteiger partial charge is 0.506 e. The van der Waals surface area contributed by atoms with Crippen LogP contribution in [0.25, 0.3) is 10.9 Å². The first-order valence-electron chi connectivity index (χ1n) is 4.40. The molecular weight excluding hydrogens is 249 g/mol. The average molecular weight is 260 g/mol. The zero-order valence-corrected chi connectivity index (χ0v) is 10.4. The molecule has 2 rings (SSSR count). The van der Waals surface area contributed by atoms with Crippen LogP contribution in [0.3, 0.4) is 0 Å². The molecule has 6 heteroatoms. The SMILES string of the molecule is CN(C)c1ncnc2c(O)ccc(Cl)c12.Cl. The summed E-state index contributed by atoms with van der Waals surface area (Å²) in [7, 11) is 3.73. The van der Waals surface area contributed by atoms with Gasteiger partial charge < -0.3 is 10.0 Å². The molecule has 0 radical (unpaired) electrons. The lowest BCUT2D eigenvalue weighted by atomic mass is 10.2. The maximum atomic E-state index is 9.63. The number of rotatable bonds is 1. The van der Waals surface area contributed by atoms with Gasteiger partial charge in [-0.3, -0.25) is 0 Å². The summed E-state index contributed by atoms with van der Waals surface area (Å²) < 4.78 is 0. The van der Waals surface area contributed by atoms with Gasteiger partial charge in [-0.1, -0.05) is 11.6 Å². The van der Waals surface area contributed by atoms with Crippen LogP contribution in [-0.2, 0) is 0 Å².